The fourth-order valence-corrected chi connectivity index (χ4v) is 6.27. The Labute approximate surface area is 392 Å². The van der Waals surface area contributed by atoms with E-state index in [1.54, 1.807) is 24.3 Å². The predicted molar refractivity (Wildman–Crippen MR) is 256 cm³/mol. The molecular weight excluding hydrogens is 989 g/mol. The zero-order valence-electron chi connectivity index (χ0n) is 38.2. The Balaban J connectivity index is 0.000000506. The van der Waals surface area contributed by atoms with Crippen molar-refractivity contribution in [1.82, 2.24) is 39.9 Å². The molecule has 5 heterocycles. The summed E-state index contributed by atoms with van der Waals surface area (Å²) in [5, 5.41) is 20.7. The Hall–Kier alpha value is -6.44. The zero-order chi connectivity index (χ0) is 45.6. The van der Waals surface area contributed by atoms with E-state index in [0.717, 1.165) is 43.8 Å². The maximum Gasteiger partial charge on any atom is 0.164 e. The number of aromatic nitrogens is 8. The standard InChI is InChI=1S/C32H18N8.C8H4N2.5C2H6.BH.U/c1-2-10-18-17(9-1)25-33-26(18)38-28-21-13-5-6-14-22(21)30(35-28)40-32-24-16-8-7-15-23(24)31(36-32)39-29-20-12-4-3-11-19(20)27(34-29)37-25;9-5-7-3-1-2-4-8(7)6-10;5*1-2;;/h1-16H,(H2,33,34,35,36,37,38,39,40);1-4H;5*1-2H3;1H;/i;;;;;;;1D;. The number of nitrogens with one attached hydrogen (secondary N) is 2. The third-order valence-corrected chi connectivity index (χ3v) is 8.63. The molecular formula is C50H53BN10U. The quantitative estimate of drug-likeness (QED) is 0.142. The molecule has 10 nitrogen and oxygen atoms in total. The van der Waals surface area contributed by atoms with Gasteiger partial charge in [0.05, 0.1) is 11.1 Å². The van der Waals surface area contributed by atoms with E-state index in [9.17, 15) is 0 Å². The molecule has 3 aromatic heterocycles. The summed E-state index contributed by atoms with van der Waals surface area (Å²) in [4.78, 5) is 36.8. The molecule has 2 radical (unpaired) electrons. The van der Waals surface area contributed by atoms with E-state index in [-0.39, 0.29) is 31.1 Å². The van der Waals surface area contributed by atoms with E-state index in [2.05, 4.69) is 18.3 Å². The van der Waals surface area contributed by atoms with Crippen LogP contribution in [0, 0.1) is 53.8 Å². The third-order valence-electron chi connectivity index (χ3n) is 8.63. The average molecular weight is 1040 g/mol. The van der Waals surface area contributed by atoms with Crippen LogP contribution in [0.5, 0.6) is 0 Å². The Morgan fingerprint density at radius 1 is 0.371 bits per heavy atom. The topological polar surface area (TPSA) is 156 Å². The first kappa shape index (κ1) is 49.9. The number of aromatic amines is 2. The van der Waals surface area contributed by atoms with E-state index in [4.69, 9.17) is 41.8 Å². The van der Waals surface area contributed by atoms with E-state index in [0.29, 0.717) is 57.0 Å². The van der Waals surface area contributed by atoms with Gasteiger partial charge in [0.1, 0.15) is 34.7 Å². The van der Waals surface area contributed by atoms with Crippen molar-refractivity contribution in [2.24, 2.45) is 0 Å². The molecule has 12 heteroatoms. The monoisotopic (exact) mass is 1040 g/mol. The molecule has 10 rings (SSSR count). The minimum absolute atomic E-state index is 0. The number of hydrogen-bond acceptors (Lipinski definition) is 8. The van der Waals surface area contributed by atoms with Crippen LogP contribution in [0.4, 0.5) is 0 Å². The van der Waals surface area contributed by atoms with Gasteiger partial charge in [-0.05, 0) is 13.5 Å². The second-order valence-electron chi connectivity index (χ2n) is 11.6. The number of H-pyrrole nitrogens is 2. The summed E-state index contributed by atoms with van der Waals surface area (Å²) in [6.07, 6.45) is 0. The van der Waals surface area contributed by atoms with Gasteiger partial charge in [0.2, 0.25) is 0 Å². The molecule has 62 heavy (non-hydrogen) atoms. The van der Waals surface area contributed by atoms with Crippen molar-refractivity contribution in [3.8, 4) is 57.7 Å². The molecule has 2 N–H and O–H groups in total. The molecule has 0 saturated carbocycles. The molecule has 0 aliphatic carbocycles. The molecule has 2 aliphatic rings. The number of benzene rings is 5. The molecule has 0 spiro atoms. The number of nitrogens with zero attached hydrogens (tertiary/aromatic N) is 8. The van der Waals surface area contributed by atoms with E-state index < -0.39 is 0 Å². The fraction of sp³-hybridized carbons (Fsp3) is 0.200. The van der Waals surface area contributed by atoms with Gasteiger partial charge in [-0.1, -0.05) is 178 Å². The van der Waals surface area contributed by atoms with Crippen LogP contribution in [0.15, 0.2) is 121 Å². The summed E-state index contributed by atoms with van der Waals surface area (Å²) in [7, 11) is 3.75. The van der Waals surface area contributed by atoms with Crippen LogP contribution < -0.4 is 0 Å². The summed E-state index contributed by atoms with van der Waals surface area (Å²) < 4.78 is 5.25. The van der Waals surface area contributed by atoms with Gasteiger partial charge in [0, 0.05) is 83.3 Å². The SMILES string of the molecule is CC.CC.CC.CC.CC.N#Cc1ccccc1C#N.[2H][B].[U].c1ccc2c(c1)-c1nc-2nc2[nH]c(nc3nc(nc4[nH]c(n1)c1ccccc41)-c1ccccc1-3)c1ccccc21. The van der Waals surface area contributed by atoms with Gasteiger partial charge in [-0.15, -0.1) is 0 Å². The molecule has 8 bridgehead atoms. The van der Waals surface area contributed by atoms with Gasteiger partial charge in [-0.2, -0.15) is 10.5 Å². The number of rotatable bonds is 0. The van der Waals surface area contributed by atoms with Gasteiger partial charge in [0.15, 0.2) is 23.3 Å². The fourth-order valence-electron chi connectivity index (χ4n) is 6.27. The largest absolute Gasteiger partial charge is 0.324 e. The molecule has 5 aromatic carbocycles. The van der Waals surface area contributed by atoms with Crippen molar-refractivity contribution in [2.75, 3.05) is 0 Å². The maximum absolute atomic E-state index is 8.45. The number of hydrogen-bond donors (Lipinski definition) is 2. The summed E-state index contributed by atoms with van der Waals surface area (Å²) in [6.45, 7) is 20.0. The van der Waals surface area contributed by atoms with Crippen LogP contribution in [0.25, 0.3) is 89.7 Å². The van der Waals surface area contributed by atoms with Gasteiger partial charge in [-0.3, -0.25) is 0 Å². The molecule has 0 saturated heterocycles. The second-order valence-corrected chi connectivity index (χ2v) is 11.6. The maximum atomic E-state index is 8.45. The van der Waals surface area contributed by atoms with Gasteiger partial charge in [0.25, 0.3) is 0 Å². The van der Waals surface area contributed by atoms with Crippen molar-refractivity contribution < 1.29 is 31.1 Å². The molecule has 0 fully saturated rings. The Bertz CT molecular complexity index is 2600. The third kappa shape index (κ3) is 10.9. The van der Waals surface area contributed by atoms with Crippen molar-refractivity contribution in [2.45, 2.75) is 69.2 Å². The van der Waals surface area contributed by atoms with Crippen LogP contribution in [0.2, 0.25) is 0 Å². The van der Waals surface area contributed by atoms with Gasteiger partial charge in [-0.25, -0.2) is 29.9 Å². The van der Waals surface area contributed by atoms with Crippen LogP contribution >= 0.6 is 0 Å². The Morgan fingerprint density at radius 3 is 0.806 bits per heavy atom. The Kier molecular flexibility index (Phi) is 20.9. The Morgan fingerprint density at radius 2 is 0.581 bits per heavy atom. The van der Waals surface area contributed by atoms with Crippen LogP contribution in [0.3, 0.4) is 0 Å². The first-order valence-electron chi connectivity index (χ1n) is 21.3. The van der Waals surface area contributed by atoms with E-state index in [1.807, 2.05) is 178 Å². The van der Waals surface area contributed by atoms with Crippen LogP contribution in [0.1, 0.15) is 80.4 Å². The normalized spacial score (nSPS) is 9.58. The van der Waals surface area contributed by atoms with E-state index in [1.165, 1.54) is 0 Å². The predicted octanol–water partition coefficient (Wildman–Crippen LogP) is 12.8. The average Bonchev–Trinajstić information content (AvgIpc) is 4.11. The van der Waals surface area contributed by atoms with Crippen molar-refractivity contribution in [3.05, 3.63) is 132 Å². The number of nitriles is 2. The minimum atomic E-state index is 0. The second kappa shape index (κ2) is 26.0. The molecule has 0 atom stereocenters. The first-order chi connectivity index (χ1) is 30.7. The van der Waals surface area contributed by atoms with Gasteiger partial charge >= 0.3 is 0 Å². The molecule has 310 valence electrons. The van der Waals surface area contributed by atoms with E-state index >= 15 is 0 Å². The smallest absolute Gasteiger partial charge is 0.164 e. The number of fused-ring (bicyclic) bond motifs is 20. The van der Waals surface area contributed by atoms with Gasteiger partial charge < -0.3 is 9.97 Å². The van der Waals surface area contributed by atoms with Crippen LogP contribution in [-0.4, -0.2) is 49.6 Å². The summed E-state index contributed by atoms with van der Waals surface area (Å²) in [6, 6.07) is 42.8. The summed E-state index contributed by atoms with van der Waals surface area (Å²) in [5.74, 6) is 2.39. The van der Waals surface area contributed by atoms with Crippen molar-refractivity contribution in [1.29, 1.82) is 11.9 Å². The zero-order valence-corrected chi connectivity index (χ0v) is 41.4. The molecule has 0 unspecified atom stereocenters. The minimum Gasteiger partial charge on any atom is -0.324 e. The van der Waals surface area contributed by atoms with Crippen molar-refractivity contribution >= 4 is 52.5 Å². The van der Waals surface area contributed by atoms with Crippen molar-refractivity contribution in [3.63, 3.8) is 0 Å². The van der Waals surface area contributed by atoms with Crippen LogP contribution in [-0.2, 0) is 0 Å². The first-order valence-corrected chi connectivity index (χ1v) is 20.8. The molecule has 2 aliphatic heterocycles. The summed E-state index contributed by atoms with van der Waals surface area (Å²) in [5.41, 5.74) is 7.32. The molecule has 8 aromatic rings. The molecule has 0 amide bonds. The summed E-state index contributed by atoms with van der Waals surface area (Å²) >= 11 is 0.